The third-order valence-electron chi connectivity index (χ3n) is 5.13. The van der Waals surface area contributed by atoms with Crippen molar-refractivity contribution in [3.05, 3.63) is 47.0 Å². The van der Waals surface area contributed by atoms with Gasteiger partial charge >= 0.3 is 7.60 Å². The zero-order valence-corrected chi connectivity index (χ0v) is 18.4. The first-order valence-electron chi connectivity index (χ1n) is 9.49. The molecule has 1 saturated heterocycles. The molecule has 2 N–H and O–H groups in total. The summed E-state index contributed by atoms with van der Waals surface area (Å²) in [6, 6.07) is 5.69. The largest absolute Gasteiger partial charge is 0.379 e. The molecule has 11 heteroatoms. The van der Waals surface area contributed by atoms with E-state index in [-0.39, 0.29) is 18.8 Å². The molecule has 3 aromatic rings. The van der Waals surface area contributed by atoms with E-state index in [0.717, 1.165) is 36.3 Å². The summed E-state index contributed by atoms with van der Waals surface area (Å²) in [5.74, 6) is 0.747. The highest BCUT2D eigenvalue weighted by Gasteiger charge is 2.27. The zero-order chi connectivity index (χ0) is 21.3. The Balaban J connectivity index is 1.66. The summed E-state index contributed by atoms with van der Waals surface area (Å²) in [4.78, 5) is 29.1. The number of hydrogen-bond acceptors (Lipinski definition) is 5. The van der Waals surface area contributed by atoms with Crippen molar-refractivity contribution in [2.24, 2.45) is 0 Å². The van der Waals surface area contributed by atoms with Crippen LogP contribution in [-0.2, 0) is 9.30 Å². The van der Waals surface area contributed by atoms with Crippen LogP contribution in [0.2, 0.25) is 10.0 Å². The molecule has 0 bridgehead atoms. The van der Waals surface area contributed by atoms with Crippen LogP contribution in [0.4, 0.5) is 5.82 Å². The fourth-order valence-electron chi connectivity index (χ4n) is 3.68. The Bertz CT molecular complexity index is 1090. The minimum Gasteiger partial charge on any atom is -0.379 e. The van der Waals surface area contributed by atoms with Crippen LogP contribution in [0.5, 0.6) is 0 Å². The van der Waals surface area contributed by atoms with Crippen LogP contribution in [0.3, 0.4) is 0 Å². The van der Waals surface area contributed by atoms with Crippen molar-refractivity contribution >= 4 is 47.5 Å². The molecule has 0 aliphatic carbocycles. The topological polar surface area (TPSA) is 101 Å². The van der Waals surface area contributed by atoms with E-state index in [1.54, 1.807) is 18.6 Å². The first-order chi connectivity index (χ1) is 14.3. The predicted octanol–water partition coefficient (Wildman–Crippen LogP) is 3.89. The maximum atomic E-state index is 11.0. The molecule has 0 unspecified atom stereocenters. The van der Waals surface area contributed by atoms with Crippen molar-refractivity contribution in [2.75, 3.05) is 30.8 Å². The van der Waals surface area contributed by atoms with Gasteiger partial charge in [-0.05, 0) is 25.0 Å². The van der Waals surface area contributed by atoms with Crippen LogP contribution in [0.1, 0.15) is 12.8 Å². The number of rotatable bonds is 7. The predicted molar refractivity (Wildman–Crippen MR) is 117 cm³/mol. The fraction of sp³-hybridized carbons (Fsp3) is 0.368. The summed E-state index contributed by atoms with van der Waals surface area (Å²) in [7, 11) is -4.06. The van der Waals surface area contributed by atoms with Crippen molar-refractivity contribution in [1.29, 1.82) is 0 Å². The second kappa shape index (κ2) is 8.83. The maximum Gasteiger partial charge on any atom is 0.327 e. The van der Waals surface area contributed by atoms with Gasteiger partial charge in [0.1, 0.15) is 5.82 Å². The number of hydrogen-bond donors (Lipinski definition) is 2. The average Bonchev–Trinajstić information content (AvgIpc) is 3.39. The van der Waals surface area contributed by atoms with Crippen LogP contribution in [0, 0.1) is 0 Å². The summed E-state index contributed by atoms with van der Waals surface area (Å²) in [5.41, 5.74) is 1.50. The van der Waals surface area contributed by atoms with Gasteiger partial charge in [0.2, 0.25) is 0 Å². The number of benzene rings is 1. The Hall–Kier alpha value is -1.67. The summed E-state index contributed by atoms with van der Waals surface area (Å²) >= 11 is 12.7. The van der Waals surface area contributed by atoms with Gasteiger partial charge in [-0.15, -0.1) is 0 Å². The number of anilines is 1. The molecular formula is C19H21Cl2N4O4P. The van der Waals surface area contributed by atoms with Gasteiger partial charge in [0.25, 0.3) is 0 Å². The third-order valence-corrected chi connectivity index (χ3v) is 6.69. The fourth-order valence-corrected chi connectivity index (χ4v) is 4.41. The quantitative estimate of drug-likeness (QED) is 0.398. The lowest BCUT2D eigenvalue weighted by molar-refractivity contribution is 0.132. The number of nitrogens with zero attached hydrogens (tertiary/aromatic N) is 4. The highest BCUT2D eigenvalue weighted by molar-refractivity contribution is 7.51. The van der Waals surface area contributed by atoms with E-state index in [0.29, 0.717) is 22.2 Å². The minimum absolute atomic E-state index is 0.0154. The van der Waals surface area contributed by atoms with Crippen molar-refractivity contribution in [3.63, 3.8) is 0 Å². The van der Waals surface area contributed by atoms with E-state index < -0.39 is 7.60 Å². The number of ether oxygens (including phenoxy) is 1. The summed E-state index contributed by atoms with van der Waals surface area (Å²) in [5, 5.41) is 1.69. The standard InChI is InChI=1S/C19H21Cl2N4O4P/c20-15-4-3-14-16(24-7-5-22-12-24)10-17(23-19(14)18(15)21)25-6-1-2-13(25)11-29-8-9-30(26,27)28/h3-5,7,10,12-13H,1-2,6,8-9,11H2,(H2,26,27,28)/t13-/m0/s1. The Morgan fingerprint density at radius 2 is 2.13 bits per heavy atom. The van der Waals surface area contributed by atoms with Crippen molar-refractivity contribution in [2.45, 2.75) is 18.9 Å². The lowest BCUT2D eigenvalue weighted by Crippen LogP contribution is -2.34. The van der Waals surface area contributed by atoms with Gasteiger partial charge in [0.05, 0.1) is 53.0 Å². The van der Waals surface area contributed by atoms with Gasteiger partial charge in [0, 0.05) is 30.4 Å². The average molecular weight is 471 g/mol. The Morgan fingerprint density at radius 1 is 1.30 bits per heavy atom. The third kappa shape index (κ3) is 4.64. The Labute approximate surface area is 183 Å². The van der Waals surface area contributed by atoms with Gasteiger partial charge in [-0.25, -0.2) is 9.97 Å². The van der Waals surface area contributed by atoms with Gasteiger partial charge in [0.15, 0.2) is 0 Å². The highest BCUT2D eigenvalue weighted by Crippen LogP contribution is 2.36. The molecule has 0 spiro atoms. The van der Waals surface area contributed by atoms with E-state index in [2.05, 4.69) is 9.88 Å². The molecule has 8 nitrogen and oxygen atoms in total. The summed E-state index contributed by atoms with van der Waals surface area (Å²) < 4.78 is 18.5. The van der Waals surface area contributed by atoms with Crippen molar-refractivity contribution < 1.29 is 19.1 Å². The zero-order valence-electron chi connectivity index (χ0n) is 16.0. The second-order valence-corrected chi connectivity index (χ2v) is 9.74. The molecule has 160 valence electrons. The van der Waals surface area contributed by atoms with Gasteiger partial charge in [-0.2, -0.15) is 0 Å². The van der Waals surface area contributed by atoms with E-state index >= 15 is 0 Å². The molecule has 4 rings (SSSR count). The van der Waals surface area contributed by atoms with E-state index in [4.69, 9.17) is 42.7 Å². The molecule has 2 aromatic heterocycles. The van der Waals surface area contributed by atoms with Gasteiger partial charge < -0.3 is 24.0 Å². The molecule has 1 aromatic carbocycles. The molecular weight excluding hydrogens is 450 g/mol. The van der Waals surface area contributed by atoms with Gasteiger partial charge in [-0.3, -0.25) is 4.57 Å². The molecule has 3 heterocycles. The molecule has 0 saturated carbocycles. The molecule has 1 aliphatic rings. The molecule has 0 radical (unpaired) electrons. The monoisotopic (exact) mass is 470 g/mol. The molecule has 1 atom stereocenters. The van der Waals surface area contributed by atoms with Crippen LogP contribution in [0.15, 0.2) is 36.9 Å². The van der Waals surface area contributed by atoms with Crippen LogP contribution >= 0.6 is 30.8 Å². The van der Waals surface area contributed by atoms with Crippen LogP contribution < -0.4 is 4.90 Å². The number of fused-ring (bicyclic) bond motifs is 1. The lowest BCUT2D eigenvalue weighted by Gasteiger charge is -2.27. The lowest BCUT2D eigenvalue weighted by atomic mass is 10.1. The molecule has 0 amide bonds. The van der Waals surface area contributed by atoms with Gasteiger partial charge in [-0.1, -0.05) is 23.2 Å². The first-order valence-corrected chi connectivity index (χ1v) is 12.0. The highest BCUT2D eigenvalue weighted by atomic mass is 35.5. The first kappa shape index (κ1) is 21.6. The smallest absolute Gasteiger partial charge is 0.327 e. The van der Waals surface area contributed by atoms with E-state index in [1.165, 1.54) is 0 Å². The summed E-state index contributed by atoms with van der Waals surface area (Å²) in [6.45, 7) is 1.18. The van der Waals surface area contributed by atoms with Crippen LogP contribution in [0.25, 0.3) is 16.6 Å². The Kier molecular flexibility index (Phi) is 6.34. The molecule has 1 fully saturated rings. The normalized spacial score (nSPS) is 17.2. The number of pyridine rings is 1. The van der Waals surface area contributed by atoms with E-state index in [1.807, 2.05) is 22.9 Å². The van der Waals surface area contributed by atoms with Crippen molar-refractivity contribution in [3.8, 4) is 5.69 Å². The molecule has 1 aliphatic heterocycles. The van der Waals surface area contributed by atoms with Crippen LogP contribution in [-0.4, -0.2) is 56.3 Å². The summed E-state index contributed by atoms with van der Waals surface area (Å²) in [6.07, 6.45) is 6.86. The minimum atomic E-state index is -4.06. The molecule has 30 heavy (non-hydrogen) atoms. The number of imidazole rings is 1. The second-order valence-electron chi connectivity index (χ2n) is 7.18. The number of halogens is 2. The maximum absolute atomic E-state index is 11.0. The Morgan fingerprint density at radius 3 is 2.87 bits per heavy atom. The van der Waals surface area contributed by atoms with E-state index in [9.17, 15) is 4.57 Å². The number of aromatic nitrogens is 3. The van der Waals surface area contributed by atoms with Crippen molar-refractivity contribution in [1.82, 2.24) is 14.5 Å². The SMILES string of the molecule is O=P(O)(O)CCOC[C@@H]1CCCN1c1cc(-n2ccnc2)c2ccc(Cl)c(Cl)c2n1.